The van der Waals surface area contributed by atoms with Gasteiger partial charge in [0.2, 0.25) is 0 Å². The van der Waals surface area contributed by atoms with Crippen molar-refractivity contribution in [1.82, 2.24) is 10.2 Å². The molecular formula is C24H28N2O4S. The zero-order chi connectivity index (χ0) is 22.2. The van der Waals surface area contributed by atoms with Crippen molar-refractivity contribution in [2.45, 2.75) is 35.6 Å². The topological polar surface area (TPSA) is 89.9 Å². The van der Waals surface area contributed by atoms with Gasteiger partial charge < -0.3 is 15.5 Å². The van der Waals surface area contributed by atoms with Crippen LogP contribution in [0.3, 0.4) is 0 Å². The van der Waals surface area contributed by atoms with Crippen LogP contribution in [0, 0.1) is 0 Å². The van der Waals surface area contributed by atoms with E-state index in [1.54, 1.807) is 0 Å². The van der Waals surface area contributed by atoms with Gasteiger partial charge in [-0.05, 0) is 41.7 Å². The molecule has 2 aromatic carbocycles. The average molecular weight is 441 g/mol. The molecule has 1 atom stereocenters. The van der Waals surface area contributed by atoms with Gasteiger partial charge in [-0.2, -0.15) is 0 Å². The van der Waals surface area contributed by atoms with E-state index in [-0.39, 0.29) is 0 Å². The lowest BCUT2D eigenvalue weighted by Crippen LogP contribution is -2.45. The number of nitrogens with one attached hydrogen (secondary N) is 1. The molecule has 0 aliphatic carbocycles. The predicted molar refractivity (Wildman–Crippen MR) is 122 cm³/mol. The standard InChI is InChI=1S/C20H24N2S.C4H4O4/c1-2-15-7-8-20-17(13-15)18(22-11-9-21-10-12-22)14-16-5-3-4-6-19(16)23-20;5-3(6)1-2-4(7)8/h3-8,13,18,21H,2,9-12,14H2,1H3;1-2H,(H,5,6)(H,7,8)/b;2-1+. The predicted octanol–water partition coefficient (Wildman–Crippen LogP) is 3.61. The minimum absolute atomic E-state index is 0.509. The molecule has 2 heterocycles. The second-order valence-corrected chi connectivity index (χ2v) is 8.53. The maximum Gasteiger partial charge on any atom is 0.328 e. The Labute approximate surface area is 187 Å². The van der Waals surface area contributed by atoms with Gasteiger partial charge in [-0.1, -0.05) is 49.0 Å². The van der Waals surface area contributed by atoms with Crippen LogP contribution in [0.4, 0.5) is 0 Å². The van der Waals surface area contributed by atoms with Crippen molar-refractivity contribution in [2.24, 2.45) is 0 Å². The SMILES string of the molecule is CCc1ccc2c(c1)C(N1CCNCC1)Cc1ccccc1S2.O=C(O)/C=C/C(=O)O. The van der Waals surface area contributed by atoms with E-state index in [0.717, 1.165) is 39.0 Å². The highest BCUT2D eigenvalue weighted by atomic mass is 32.2. The van der Waals surface area contributed by atoms with Crippen LogP contribution in [-0.4, -0.2) is 53.2 Å². The van der Waals surface area contributed by atoms with Crippen molar-refractivity contribution in [1.29, 1.82) is 0 Å². The summed E-state index contributed by atoms with van der Waals surface area (Å²) in [6.07, 6.45) is 3.35. The fraction of sp³-hybridized carbons (Fsp3) is 0.333. The van der Waals surface area contributed by atoms with Crippen LogP contribution in [0.5, 0.6) is 0 Å². The Balaban J connectivity index is 0.000000293. The number of piperazine rings is 1. The summed E-state index contributed by atoms with van der Waals surface area (Å²) in [5, 5.41) is 19.1. The molecule has 2 aliphatic heterocycles. The maximum atomic E-state index is 9.55. The number of aryl methyl sites for hydroxylation is 1. The lowest BCUT2D eigenvalue weighted by Gasteiger charge is -2.35. The lowest BCUT2D eigenvalue weighted by molar-refractivity contribution is -0.134. The zero-order valence-electron chi connectivity index (χ0n) is 17.6. The zero-order valence-corrected chi connectivity index (χ0v) is 18.4. The summed E-state index contributed by atoms with van der Waals surface area (Å²) in [6, 6.07) is 16.5. The van der Waals surface area contributed by atoms with Gasteiger partial charge in [0, 0.05) is 54.2 Å². The Hall–Kier alpha value is -2.61. The van der Waals surface area contributed by atoms with Gasteiger partial charge in [-0.15, -0.1) is 0 Å². The fourth-order valence-corrected chi connectivity index (χ4v) is 4.96. The summed E-state index contributed by atoms with van der Waals surface area (Å²) in [6.45, 7) is 6.75. The molecule has 3 N–H and O–H groups in total. The molecule has 0 saturated carbocycles. The highest BCUT2D eigenvalue weighted by molar-refractivity contribution is 7.99. The molecule has 164 valence electrons. The highest BCUT2D eigenvalue weighted by Gasteiger charge is 2.28. The quantitative estimate of drug-likeness (QED) is 0.626. The second-order valence-electron chi connectivity index (χ2n) is 7.45. The van der Waals surface area contributed by atoms with Gasteiger partial charge >= 0.3 is 11.9 Å². The number of carbonyl (C=O) groups is 2. The molecule has 31 heavy (non-hydrogen) atoms. The molecule has 7 heteroatoms. The third-order valence-corrected chi connectivity index (χ3v) is 6.62. The van der Waals surface area contributed by atoms with Crippen molar-refractivity contribution < 1.29 is 19.8 Å². The van der Waals surface area contributed by atoms with E-state index >= 15 is 0 Å². The van der Waals surface area contributed by atoms with Gasteiger partial charge in [0.15, 0.2) is 0 Å². The van der Waals surface area contributed by atoms with Gasteiger partial charge in [0.25, 0.3) is 0 Å². The number of benzene rings is 2. The first-order chi connectivity index (χ1) is 15.0. The molecule has 1 fully saturated rings. The average Bonchev–Trinajstić information content (AvgIpc) is 2.95. The monoisotopic (exact) mass is 440 g/mol. The van der Waals surface area contributed by atoms with E-state index in [0.29, 0.717) is 18.2 Å². The number of rotatable bonds is 4. The molecule has 0 bridgehead atoms. The first kappa shape index (κ1) is 23.1. The second kappa shape index (κ2) is 11.1. The van der Waals surface area contributed by atoms with Crippen molar-refractivity contribution in [3.05, 3.63) is 71.3 Å². The Morgan fingerprint density at radius 2 is 1.74 bits per heavy atom. The van der Waals surface area contributed by atoms with Crippen molar-refractivity contribution in [2.75, 3.05) is 26.2 Å². The molecular weight excluding hydrogens is 412 g/mol. The van der Waals surface area contributed by atoms with Crippen LogP contribution in [-0.2, 0) is 22.4 Å². The van der Waals surface area contributed by atoms with Crippen LogP contribution in [0.1, 0.15) is 29.7 Å². The van der Waals surface area contributed by atoms with E-state index in [1.807, 2.05) is 11.8 Å². The molecule has 1 saturated heterocycles. The van der Waals surface area contributed by atoms with Gasteiger partial charge in [0.05, 0.1) is 0 Å². The van der Waals surface area contributed by atoms with Crippen molar-refractivity contribution in [3.63, 3.8) is 0 Å². The summed E-state index contributed by atoms with van der Waals surface area (Å²) in [5.74, 6) is -2.51. The Kier molecular flexibility index (Phi) is 8.28. The lowest BCUT2D eigenvalue weighted by atomic mass is 9.95. The Bertz CT molecular complexity index is 938. The van der Waals surface area contributed by atoms with Gasteiger partial charge in [-0.25, -0.2) is 9.59 Å². The molecule has 0 spiro atoms. The van der Waals surface area contributed by atoms with Crippen LogP contribution in [0.15, 0.2) is 64.4 Å². The number of hydrogen-bond acceptors (Lipinski definition) is 5. The van der Waals surface area contributed by atoms with Crippen LogP contribution in [0.25, 0.3) is 0 Å². The van der Waals surface area contributed by atoms with E-state index < -0.39 is 11.9 Å². The summed E-state index contributed by atoms with van der Waals surface area (Å²) in [4.78, 5) is 24.7. The molecule has 2 aromatic rings. The van der Waals surface area contributed by atoms with E-state index in [9.17, 15) is 9.59 Å². The molecule has 4 rings (SSSR count). The molecule has 1 unspecified atom stereocenters. The summed E-state index contributed by atoms with van der Waals surface area (Å²) < 4.78 is 0. The number of carboxylic acid groups (broad SMARTS) is 2. The Morgan fingerprint density at radius 3 is 2.39 bits per heavy atom. The van der Waals surface area contributed by atoms with Crippen molar-refractivity contribution in [3.8, 4) is 0 Å². The Morgan fingerprint density at radius 1 is 1.06 bits per heavy atom. The summed E-state index contributed by atoms with van der Waals surface area (Å²) in [5.41, 5.74) is 4.48. The fourth-order valence-electron chi connectivity index (χ4n) is 3.84. The third kappa shape index (κ3) is 6.43. The molecule has 0 radical (unpaired) electrons. The van der Waals surface area contributed by atoms with E-state index in [1.165, 1.54) is 26.5 Å². The first-order valence-corrected chi connectivity index (χ1v) is 11.3. The maximum absolute atomic E-state index is 9.55. The number of aliphatic carboxylic acids is 2. The molecule has 0 amide bonds. The number of nitrogens with zero attached hydrogens (tertiary/aromatic N) is 1. The molecule has 6 nitrogen and oxygen atoms in total. The normalized spacial score (nSPS) is 18.3. The minimum Gasteiger partial charge on any atom is -0.478 e. The van der Waals surface area contributed by atoms with E-state index in [2.05, 4.69) is 59.6 Å². The van der Waals surface area contributed by atoms with Gasteiger partial charge in [-0.3, -0.25) is 4.90 Å². The van der Waals surface area contributed by atoms with Crippen LogP contribution >= 0.6 is 11.8 Å². The summed E-state index contributed by atoms with van der Waals surface area (Å²) in [7, 11) is 0. The number of carboxylic acids is 2. The number of fused-ring (bicyclic) bond motifs is 2. The smallest absolute Gasteiger partial charge is 0.328 e. The van der Waals surface area contributed by atoms with E-state index in [4.69, 9.17) is 10.2 Å². The van der Waals surface area contributed by atoms with Gasteiger partial charge in [0.1, 0.15) is 0 Å². The van der Waals surface area contributed by atoms with Crippen molar-refractivity contribution >= 4 is 23.7 Å². The summed E-state index contributed by atoms with van der Waals surface area (Å²) >= 11 is 1.95. The van der Waals surface area contributed by atoms with Crippen LogP contribution < -0.4 is 5.32 Å². The first-order valence-electron chi connectivity index (χ1n) is 10.4. The highest BCUT2D eigenvalue weighted by Crippen LogP contribution is 2.43. The largest absolute Gasteiger partial charge is 0.478 e. The third-order valence-electron chi connectivity index (χ3n) is 5.41. The van der Waals surface area contributed by atoms with Crippen LogP contribution in [0.2, 0.25) is 0 Å². The molecule has 2 aliphatic rings. The molecule has 0 aromatic heterocycles. The number of hydrogen-bond donors (Lipinski definition) is 3. The minimum atomic E-state index is -1.26.